The van der Waals surface area contributed by atoms with Crippen molar-refractivity contribution in [2.24, 2.45) is 5.92 Å². The van der Waals surface area contributed by atoms with Gasteiger partial charge in [-0.3, -0.25) is 14.5 Å². The first-order chi connectivity index (χ1) is 13.2. The number of hydrogen-bond acceptors (Lipinski definition) is 3. The lowest BCUT2D eigenvalue weighted by Crippen LogP contribution is -2.48. The molecule has 0 N–H and O–H groups in total. The van der Waals surface area contributed by atoms with E-state index in [9.17, 15) is 9.59 Å². The third-order valence-corrected chi connectivity index (χ3v) is 5.99. The largest absolute Gasteiger partial charge is 0.312 e. The molecule has 2 bridgehead atoms. The highest BCUT2D eigenvalue weighted by Gasteiger charge is 2.34. The molecule has 0 radical (unpaired) electrons. The smallest absolute Gasteiger partial charge is 0.250 e. The van der Waals surface area contributed by atoms with Crippen LogP contribution in [0.2, 0.25) is 0 Å². The molecule has 0 spiro atoms. The predicted molar refractivity (Wildman–Crippen MR) is 114 cm³/mol. The van der Waals surface area contributed by atoms with E-state index in [0.29, 0.717) is 18.4 Å². The Labute approximate surface area is 170 Å². The number of carbonyl (C=O) groups excluding carboxylic acids is 1. The molecule has 144 valence electrons. The monoisotopic (exact) mass is 394 g/mol. The quantitative estimate of drug-likeness (QED) is 0.636. The maximum Gasteiger partial charge on any atom is 0.250 e. The van der Waals surface area contributed by atoms with Gasteiger partial charge >= 0.3 is 0 Å². The van der Waals surface area contributed by atoms with Crippen LogP contribution in [0.15, 0.2) is 65.5 Å². The van der Waals surface area contributed by atoms with Crippen molar-refractivity contribution in [3.8, 4) is 0 Å². The minimum absolute atomic E-state index is 0. The normalized spacial score (nSPS) is 21.0. The number of Topliss-reactive ketones (excluding diaryl/α,β-unsaturated/α-hetero) is 1. The number of pyridine rings is 1. The van der Waals surface area contributed by atoms with Gasteiger partial charge in [0.25, 0.3) is 5.56 Å². The van der Waals surface area contributed by atoms with Gasteiger partial charge < -0.3 is 4.57 Å². The number of ketones is 1. The van der Waals surface area contributed by atoms with Crippen LogP contribution in [0.1, 0.15) is 28.4 Å². The highest BCUT2D eigenvalue weighted by molar-refractivity contribution is 6.01. The molecule has 1 fully saturated rings. The third kappa shape index (κ3) is 3.38. The summed E-state index contributed by atoms with van der Waals surface area (Å²) in [6.45, 7) is 2.95. The van der Waals surface area contributed by atoms with Gasteiger partial charge in [-0.1, -0.05) is 42.5 Å². The second-order valence-electron chi connectivity index (χ2n) is 7.88. The van der Waals surface area contributed by atoms with E-state index in [1.165, 1.54) is 0 Å². The second kappa shape index (κ2) is 7.53. The number of aromatic nitrogens is 1. The van der Waals surface area contributed by atoms with E-state index >= 15 is 0 Å². The molecule has 0 amide bonds. The van der Waals surface area contributed by atoms with Gasteiger partial charge in [0.2, 0.25) is 0 Å². The summed E-state index contributed by atoms with van der Waals surface area (Å²) in [7, 11) is 0. The van der Waals surface area contributed by atoms with Gasteiger partial charge in [-0.25, -0.2) is 0 Å². The number of benzene rings is 2. The first-order valence-electron chi connectivity index (χ1n) is 9.61. The van der Waals surface area contributed by atoms with E-state index in [4.69, 9.17) is 0 Å². The van der Waals surface area contributed by atoms with E-state index in [2.05, 4.69) is 17.0 Å². The number of rotatable bonds is 3. The van der Waals surface area contributed by atoms with Crippen molar-refractivity contribution in [2.45, 2.75) is 18.9 Å². The van der Waals surface area contributed by atoms with Crippen LogP contribution < -0.4 is 5.56 Å². The number of fused-ring (bicyclic) bond motifs is 5. The lowest BCUT2D eigenvalue weighted by molar-refractivity contribution is 0.0817. The first-order valence-corrected chi connectivity index (χ1v) is 9.61. The van der Waals surface area contributed by atoms with Crippen molar-refractivity contribution >= 4 is 29.0 Å². The SMILES string of the molecule is Cl.O=C(CN1CC2CC(C1)c1cccc(=O)n1C2)c1ccc2ccccc2c1. The van der Waals surface area contributed by atoms with E-state index in [0.717, 1.165) is 48.1 Å². The lowest BCUT2D eigenvalue weighted by Gasteiger charge is -2.42. The van der Waals surface area contributed by atoms with Crippen molar-refractivity contribution in [3.05, 3.63) is 82.3 Å². The average Bonchev–Trinajstić information content (AvgIpc) is 2.68. The Morgan fingerprint density at radius 3 is 2.61 bits per heavy atom. The Morgan fingerprint density at radius 2 is 1.75 bits per heavy atom. The zero-order chi connectivity index (χ0) is 18.4. The van der Waals surface area contributed by atoms with Crippen LogP contribution in [-0.2, 0) is 6.54 Å². The first kappa shape index (κ1) is 18.9. The Bertz CT molecular complexity index is 1090. The highest BCUT2D eigenvalue weighted by Crippen LogP contribution is 2.34. The van der Waals surface area contributed by atoms with Crippen LogP contribution in [0.3, 0.4) is 0 Å². The molecule has 0 aliphatic carbocycles. The van der Waals surface area contributed by atoms with Gasteiger partial charge in [0, 0.05) is 42.9 Å². The fourth-order valence-electron chi connectivity index (χ4n) is 4.78. The molecule has 28 heavy (non-hydrogen) atoms. The number of nitrogens with zero attached hydrogens (tertiary/aromatic N) is 2. The fourth-order valence-corrected chi connectivity index (χ4v) is 4.78. The topological polar surface area (TPSA) is 42.3 Å². The summed E-state index contributed by atoms with van der Waals surface area (Å²) in [6, 6.07) is 19.6. The molecule has 1 saturated heterocycles. The number of piperidine rings is 1. The van der Waals surface area contributed by atoms with Gasteiger partial charge in [0.1, 0.15) is 0 Å². The molecule has 3 heterocycles. The van der Waals surface area contributed by atoms with Gasteiger partial charge in [0.05, 0.1) is 6.54 Å². The molecule has 5 rings (SSSR count). The summed E-state index contributed by atoms with van der Waals surface area (Å²) in [6.07, 6.45) is 1.12. The minimum Gasteiger partial charge on any atom is -0.312 e. The zero-order valence-corrected chi connectivity index (χ0v) is 16.4. The Kier molecular flexibility index (Phi) is 5.09. The molecule has 2 aliphatic heterocycles. The molecular weight excluding hydrogens is 372 g/mol. The lowest BCUT2D eigenvalue weighted by atomic mass is 9.83. The van der Waals surface area contributed by atoms with Crippen LogP contribution in [0.25, 0.3) is 10.8 Å². The molecule has 3 aromatic rings. The molecule has 2 unspecified atom stereocenters. The van der Waals surface area contributed by atoms with E-state index in [-0.39, 0.29) is 23.7 Å². The van der Waals surface area contributed by atoms with Crippen LogP contribution in [0.5, 0.6) is 0 Å². The molecule has 1 aromatic heterocycles. The van der Waals surface area contributed by atoms with Crippen LogP contribution >= 0.6 is 12.4 Å². The molecular formula is C23H23ClN2O2. The van der Waals surface area contributed by atoms with Crippen molar-refractivity contribution < 1.29 is 4.79 Å². The summed E-state index contributed by atoms with van der Waals surface area (Å²) in [5.74, 6) is 0.961. The molecule has 2 atom stereocenters. The van der Waals surface area contributed by atoms with Crippen LogP contribution in [-0.4, -0.2) is 34.9 Å². The Balaban J connectivity index is 0.00000192. The van der Waals surface area contributed by atoms with Crippen molar-refractivity contribution in [2.75, 3.05) is 19.6 Å². The highest BCUT2D eigenvalue weighted by atomic mass is 35.5. The Morgan fingerprint density at radius 1 is 0.929 bits per heavy atom. The average molecular weight is 395 g/mol. The van der Waals surface area contributed by atoms with Crippen molar-refractivity contribution in [1.29, 1.82) is 0 Å². The Hall–Kier alpha value is -2.43. The fraction of sp³-hybridized carbons (Fsp3) is 0.304. The number of hydrogen-bond donors (Lipinski definition) is 0. The third-order valence-electron chi connectivity index (χ3n) is 5.99. The molecule has 2 aromatic carbocycles. The van der Waals surface area contributed by atoms with E-state index < -0.39 is 0 Å². The maximum absolute atomic E-state index is 12.9. The molecule has 2 aliphatic rings. The summed E-state index contributed by atoms with van der Waals surface area (Å²) < 4.78 is 1.93. The summed E-state index contributed by atoms with van der Waals surface area (Å²) in [5.41, 5.74) is 2.01. The maximum atomic E-state index is 12.9. The van der Waals surface area contributed by atoms with Gasteiger partial charge in [-0.2, -0.15) is 0 Å². The number of likely N-dealkylation sites (tertiary alicyclic amines) is 1. The van der Waals surface area contributed by atoms with Crippen molar-refractivity contribution in [1.82, 2.24) is 9.47 Å². The second-order valence-corrected chi connectivity index (χ2v) is 7.88. The van der Waals surface area contributed by atoms with Gasteiger partial charge in [-0.05, 0) is 35.2 Å². The summed E-state index contributed by atoms with van der Waals surface area (Å²) >= 11 is 0. The molecule has 0 saturated carbocycles. The van der Waals surface area contributed by atoms with Gasteiger partial charge in [-0.15, -0.1) is 12.4 Å². The molecule has 5 heteroatoms. The van der Waals surface area contributed by atoms with Crippen molar-refractivity contribution in [3.63, 3.8) is 0 Å². The number of halogens is 1. The number of carbonyl (C=O) groups is 1. The molecule has 4 nitrogen and oxygen atoms in total. The summed E-state index contributed by atoms with van der Waals surface area (Å²) in [5, 5.41) is 2.26. The van der Waals surface area contributed by atoms with Crippen LogP contribution in [0, 0.1) is 5.92 Å². The minimum atomic E-state index is 0. The summed E-state index contributed by atoms with van der Waals surface area (Å²) in [4.78, 5) is 27.3. The van der Waals surface area contributed by atoms with Gasteiger partial charge in [0.15, 0.2) is 5.78 Å². The van der Waals surface area contributed by atoms with E-state index in [1.807, 2.05) is 47.0 Å². The zero-order valence-electron chi connectivity index (χ0n) is 15.6. The standard InChI is InChI=1S/C23H22N2O2.ClH/c26-22(19-9-8-17-4-1-2-5-18(17)11-19)15-24-12-16-10-20(14-24)21-6-3-7-23(27)25(21)13-16;/h1-9,11,16,20H,10,12-15H2;1H. The predicted octanol–water partition coefficient (Wildman–Crippen LogP) is 3.73. The van der Waals surface area contributed by atoms with E-state index in [1.54, 1.807) is 6.07 Å². The van der Waals surface area contributed by atoms with Crippen LogP contribution in [0.4, 0.5) is 0 Å².